The molecule has 4 heteroatoms. The first kappa shape index (κ1) is 15.7. The minimum absolute atomic E-state index is 0.0249. The number of benzene rings is 1. The summed E-state index contributed by atoms with van der Waals surface area (Å²) in [4.78, 5) is 18.8. The zero-order chi connectivity index (χ0) is 16.6. The fraction of sp³-hybridized carbons (Fsp3) is 0.263. The number of rotatable bonds is 3. The third kappa shape index (κ3) is 3.13. The summed E-state index contributed by atoms with van der Waals surface area (Å²) in [5.41, 5.74) is 5.52. The van der Waals surface area contributed by atoms with E-state index in [4.69, 9.17) is 0 Å². The van der Waals surface area contributed by atoms with Crippen molar-refractivity contribution in [2.75, 3.05) is 0 Å². The van der Waals surface area contributed by atoms with E-state index >= 15 is 0 Å². The van der Waals surface area contributed by atoms with Gasteiger partial charge in [0.2, 0.25) is 0 Å². The van der Waals surface area contributed by atoms with Crippen molar-refractivity contribution in [3.63, 3.8) is 0 Å². The predicted octanol–water partition coefficient (Wildman–Crippen LogP) is 4.46. The van der Waals surface area contributed by atoms with Crippen molar-refractivity contribution in [2.24, 2.45) is 0 Å². The number of carbonyl (C=O) groups is 1. The lowest BCUT2D eigenvalue weighted by atomic mass is 10.1. The first-order chi connectivity index (χ1) is 11.0. The molecular formula is C19H20N2OS. The van der Waals surface area contributed by atoms with Crippen molar-refractivity contribution >= 4 is 27.5 Å². The van der Waals surface area contributed by atoms with Gasteiger partial charge < -0.3 is 5.32 Å². The molecule has 0 aliphatic carbocycles. The van der Waals surface area contributed by atoms with E-state index in [1.54, 1.807) is 0 Å². The smallest absolute Gasteiger partial charge is 0.261 e. The highest BCUT2D eigenvalue weighted by atomic mass is 32.1. The van der Waals surface area contributed by atoms with Crippen LogP contribution in [0.1, 0.15) is 37.6 Å². The van der Waals surface area contributed by atoms with Gasteiger partial charge in [-0.15, -0.1) is 11.3 Å². The number of nitrogens with zero attached hydrogens (tertiary/aromatic N) is 1. The SMILES string of the molecule is Cc1ccc(CNC(=O)c2sc3nc(C)cc(C)c3c2C)cc1. The normalized spacial score (nSPS) is 11.0. The average Bonchev–Trinajstić information content (AvgIpc) is 2.83. The fourth-order valence-corrected chi connectivity index (χ4v) is 4.02. The van der Waals surface area contributed by atoms with Crippen molar-refractivity contribution in [3.8, 4) is 0 Å². The number of fused-ring (bicyclic) bond motifs is 1. The van der Waals surface area contributed by atoms with Gasteiger partial charge in [0, 0.05) is 17.6 Å². The largest absolute Gasteiger partial charge is 0.347 e. The number of hydrogen-bond acceptors (Lipinski definition) is 3. The number of aromatic nitrogens is 1. The van der Waals surface area contributed by atoms with E-state index in [1.807, 2.05) is 26.0 Å². The minimum atomic E-state index is -0.0249. The lowest BCUT2D eigenvalue weighted by Gasteiger charge is -2.05. The Bertz CT molecular complexity index is 879. The molecule has 1 amide bonds. The maximum Gasteiger partial charge on any atom is 0.261 e. The van der Waals surface area contributed by atoms with Crippen LogP contribution in [0, 0.1) is 27.7 Å². The van der Waals surface area contributed by atoms with Gasteiger partial charge >= 0.3 is 0 Å². The Morgan fingerprint density at radius 3 is 2.52 bits per heavy atom. The van der Waals surface area contributed by atoms with Crippen LogP contribution in [-0.2, 0) is 6.54 Å². The summed E-state index contributed by atoms with van der Waals surface area (Å²) < 4.78 is 0. The molecule has 23 heavy (non-hydrogen) atoms. The summed E-state index contributed by atoms with van der Waals surface area (Å²) in [6.45, 7) is 8.66. The van der Waals surface area contributed by atoms with Crippen LogP contribution in [0.25, 0.3) is 10.2 Å². The van der Waals surface area contributed by atoms with Gasteiger partial charge in [0.05, 0.1) is 4.88 Å². The van der Waals surface area contributed by atoms with Crippen LogP contribution in [0.3, 0.4) is 0 Å². The molecule has 1 N–H and O–H groups in total. The second-order valence-electron chi connectivity index (χ2n) is 5.99. The molecule has 0 bridgehead atoms. The number of amides is 1. The van der Waals surface area contributed by atoms with Gasteiger partial charge in [-0.05, 0) is 50.5 Å². The Kier molecular flexibility index (Phi) is 4.18. The molecule has 2 aromatic heterocycles. The molecule has 2 heterocycles. The number of carbonyl (C=O) groups excluding carboxylic acids is 1. The molecule has 0 saturated heterocycles. The Morgan fingerprint density at radius 1 is 1.13 bits per heavy atom. The van der Waals surface area contributed by atoms with Crippen molar-refractivity contribution in [3.05, 3.63) is 63.2 Å². The quantitative estimate of drug-likeness (QED) is 0.773. The molecule has 0 saturated carbocycles. The molecule has 0 fully saturated rings. The maximum atomic E-state index is 12.5. The summed E-state index contributed by atoms with van der Waals surface area (Å²) in [6, 6.07) is 10.3. The molecule has 3 nitrogen and oxygen atoms in total. The van der Waals surface area contributed by atoms with Crippen LogP contribution in [0.4, 0.5) is 0 Å². The van der Waals surface area contributed by atoms with E-state index in [-0.39, 0.29) is 5.91 Å². The first-order valence-electron chi connectivity index (χ1n) is 7.67. The number of thiophene rings is 1. The lowest BCUT2D eigenvalue weighted by Crippen LogP contribution is -2.22. The average molecular weight is 324 g/mol. The van der Waals surface area contributed by atoms with E-state index in [0.717, 1.165) is 31.9 Å². The van der Waals surface area contributed by atoms with Gasteiger partial charge in [-0.2, -0.15) is 0 Å². The van der Waals surface area contributed by atoms with Gasteiger partial charge in [-0.1, -0.05) is 29.8 Å². The number of pyridine rings is 1. The van der Waals surface area contributed by atoms with Crippen molar-refractivity contribution < 1.29 is 4.79 Å². The molecule has 0 unspecified atom stereocenters. The second-order valence-corrected chi connectivity index (χ2v) is 6.98. The maximum absolute atomic E-state index is 12.5. The summed E-state index contributed by atoms with van der Waals surface area (Å²) in [7, 11) is 0. The van der Waals surface area contributed by atoms with Crippen LogP contribution in [0.2, 0.25) is 0 Å². The summed E-state index contributed by atoms with van der Waals surface area (Å²) >= 11 is 1.47. The van der Waals surface area contributed by atoms with Gasteiger partial charge in [0.15, 0.2) is 0 Å². The van der Waals surface area contributed by atoms with Crippen molar-refractivity contribution in [1.82, 2.24) is 10.3 Å². The van der Waals surface area contributed by atoms with E-state index in [1.165, 1.54) is 22.5 Å². The van der Waals surface area contributed by atoms with Gasteiger partial charge in [0.25, 0.3) is 5.91 Å². The second kappa shape index (κ2) is 6.13. The zero-order valence-corrected chi connectivity index (χ0v) is 14.7. The number of aryl methyl sites for hydroxylation is 4. The third-order valence-corrected chi connectivity index (χ3v) is 5.19. The van der Waals surface area contributed by atoms with E-state index in [9.17, 15) is 4.79 Å². The standard InChI is InChI=1S/C19H20N2OS/c1-11-5-7-15(8-6-11)10-20-18(22)17-14(4)16-12(2)9-13(3)21-19(16)23-17/h5-9H,10H2,1-4H3,(H,20,22). The number of hydrogen-bond donors (Lipinski definition) is 1. The predicted molar refractivity (Wildman–Crippen MR) is 96.2 cm³/mol. The highest BCUT2D eigenvalue weighted by molar-refractivity contribution is 7.20. The Morgan fingerprint density at radius 2 is 1.83 bits per heavy atom. The Labute approximate surface area is 140 Å². The lowest BCUT2D eigenvalue weighted by molar-refractivity contribution is 0.0954. The van der Waals surface area contributed by atoms with Gasteiger partial charge in [-0.25, -0.2) is 4.98 Å². The molecule has 0 spiro atoms. The minimum Gasteiger partial charge on any atom is -0.347 e. The summed E-state index contributed by atoms with van der Waals surface area (Å²) in [5, 5.41) is 4.13. The van der Waals surface area contributed by atoms with Crippen LogP contribution in [0.15, 0.2) is 30.3 Å². The van der Waals surface area contributed by atoms with Gasteiger partial charge in [-0.3, -0.25) is 4.79 Å². The fourth-order valence-electron chi connectivity index (χ4n) is 2.80. The molecule has 3 aromatic rings. The van der Waals surface area contributed by atoms with Crippen LogP contribution >= 0.6 is 11.3 Å². The highest BCUT2D eigenvalue weighted by Gasteiger charge is 2.17. The zero-order valence-electron chi connectivity index (χ0n) is 13.9. The van der Waals surface area contributed by atoms with E-state index in [0.29, 0.717) is 6.54 Å². The van der Waals surface area contributed by atoms with Crippen molar-refractivity contribution in [2.45, 2.75) is 34.2 Å². The molecule has 0 radical (unpaired) electrons. The molecule has 0 aliphatic heterocycles. The summed E-state index contributed by atoms with van der Waals surface area (Å²) in [5.74, 6) is -0.0249. The monoisotopic (exact) mass is 324 g/mol. The van der Waals surface area contributed by atoms with Crippen LogP contribution < -0.4 is 5.32 Å². The highest BCUT2D eigenvalue weighted by Crippen LogP contribution is 2.32. The molecule has 0 aliphatic rings. The first-order valence-corrected chi connectivity index (χ1v) is 8.48. The van der Waals surface area contributed by atoms with Gasteiger partial charge in [0.1, 0.15) is 4.83 Å². The topological polar surface area (TPSA) is 42.0 Å². The molecule has 3 rings (SSSR count). The Balaban J connectivity index is 1.85. The Hall–Kier alpha value is -2.20. The molecule has 118 valence electrons. The molecule has 1 aromatic carbocycles. The molecule has 0 atom stereocenters. The third-order valence-electron chi connectivity index (χ3n) is 4.01. The summed E-state index contributed by atoms with van der Waals surface area (Å²) in [6.07, 6.45) is 0. The number of nitrogens with one attached hydrogen (secondary N) is 1. The molecular weight excluding hydrogens is 304 g/mol. The van der Waals surface area contributed by atoms with Crippen LogP contribution in [0.5, 0.6) is 0 Å². The van der Waals surface area contributed by atoms with E-state index in [2.05, 4.69) is 42.3 Å². The van der Waals surface area contributed by atoms with Crippen LogP contribution in [-0.4, -0.2) is 10.9 Å². The van der Waals surface area contributed by atoms with Crippen molar-refractivity contribution in [1.29, 1.82) is 0 Å². The van der Waals surface area contributed by atoms with E-state index < -0.39 is 0 Å².